The molecule has 0 amide bonds. The normalized spacial score (nSPS) is 18.5. The molecule has 1 aromatic carbocycles. The minimum atomic E-state index is -3.53. The van der Waals surface area contributed by atoms with Crippen molar-refractivity contribution in [3.63, 3.8) is 0 Å². The first kappa shape index (κ1) is 17.8. The Kier molecular flexibility index (Phi) is 4.75. The Labute approximate surface area is 158 Å². The van der Waals surface area contributed by atoms with Gasteiger partial charge in [0.15, 0.2) is 0 Å². The van der Waals surface area contributed by atoms with Crippen LogP contribution < -0.4 is 0 Å². The first-order valence-electron chi connectivity index (χ1n) is 8.85. The van der Waals surface area contributed by atoms with Gasteiger partial charge in [0.1, 0.15) is 5.69 Å². The molecular formula is C19H20N4O3S. The summed E-state index contributed by atoms with van der Waals surface area (Å²) in [5.41, 5.74) is 1.63. The van der Waals surface area contributed by atoms with E-state index in [1.54, 1.807) is 24.4 Å². The number of benzene rings is 1. The van der Waals surface area contributed by atoms with Crippen molar-refractivity contribution in [2.24, 2.45) is 0 Å². The molecule has 0 bridgehead atoms. The molecule has 4 rings (SSSR count). The zero-order valence-corrected chi connectivity index (χ0v) is 15.8. The van der Waals surface area contributed by atoms with Gasteiger partial charge in [-0.2, -0.15) is 4.31 Å². The zero-order valence-electron chi connectivity index (χ0n) is 14.9. The molecule has 27 heavy (non-hydrogen) atoms. The molecular weight excluding hydrogens is 364 g/mol. The highest BCUT2D eigenvalue weighted by molar-refractivity contribution is 7.89. The third kappa shape index (κ3) is 3.63. The van der Waals surface area contributed by atoms with Gasteiger partial charge < -0.3 is 4.42 Å². The maximum absolute atomic E-state index is 13.0. The van der Waals surface area contributed by atoms with Crippen LogP contribution in [0.5, 0.6) is 0 Å². The van der Waals surface area contributed by atoms with Crippen LogP contribution in [0.1, 0.15) is 30.2 Å². The van der Waals surface area contributed by atoms with Crippen LogP contribution in [0.4, 0.5) is 0 Å². The van der Waals surface area contributed by atoms with Gasteiger partial charge >= 0.3 is 0 Å². The molecule has 1 aliphatic rings. The Morgan fingerprint density at radius 3 is 2.67 bits per heavy atom. The van der Waals surface area contributed by atoms with Crippen LogP contribution in [-0.2, 0) is 10.0 Å². The van der Waals surface area contributed by atoms with Gasteiger partial charge in [-0.05, 0) is 44.0 Å². The van der Waals surface area contributed by atoms with Gasteiger partial charge in [-0.1, -0.05) is 23.8 Å². The number of nitrogens with zero attached hydrogens (tertiary/aromatic N) is 4. The van der Waals surface area contributed by atoms with E-state index in [1.807, 2.05) is 31.2 Å². The van der Waals surface area contributed by atoms with Crippen LogP contribution in [0, 0.1) is 6.92 Å². The Bertz CT molecular complexity index is 1020. The van der Waals surface area contributed by atoms with Gasteiger partial charge in [-0.15, -0.1) is 10.2 Å². The lowest BCUT2D eigenvalue weighted by Gasteiger charge is -2.30. The van der Waals surface area contributed by atoms with E-state index in [0.717, 1.165) is 18.4 Å². The van der Waals surface area contributed by atoms with Crippen molar-refractivity contribution in [1.29, 1.82) is 0 Å². The average molecular weight is 384 g/mol. The summed E-state index contributed by atoms with van der Waals surface area (Å²) in [6.07, 6.45) is 3.22. The summed E-state index contributed by atoms with van der Waals surface area (Å²) in [5, 5.41) is 8.21. The van der Waals surface area contributed by atoms with Gasteiger partial charge in [-0.25, -0.2) is 8.42 Å². The van der Waals surface area contributed by atoms with E-state index >= 15 is 0 Å². The van der Waals surface area contributed by atoms with Crippen LogP contribution in [0.15, 0.2) is 58.0 Å². The van der Waals surface area contributed by atoms with Crippen molar-refractivity contribution < 1.29 is 12.8 Å². The van der Waals surface area contributed by atoms with Crippen molar-refractivity contribution >= 4 is 10.0 Å². The molecule has 1 atom stereocenters. The molecule has 0 unspecified atom stereocenters. The van der Waals surface area contributed by atoms with Crippen molar-refractivity contribution in [2.75, 3.05) is 13.1 Å². The van der Waals surface area contributed by atoms with Crippen LogP contribution in [0.2, 0.25) is 0 Å². The molecule has 0 aliphatic carbocycles. The van der Waals surface area contributed by atoms with E-state index in [9.17, 15) is 8.42 Å². The summed E-state index contributed by atoms with van der Waals surface area (Å²) in [6.45, 7) is 2.76. The Morgan fingerprint density at radius 1 is 1.11 bits per heavy atom. The lowest BCUT2D eigenvalue weighted by molar-refractivity contribution is 0.286. The second-order valence-electron chi connectivity index (χ2n) is 6.68. The van der Waals surface area contributed by atoms with E-state index in [1.165, 1.54) is 4.31 Å². The number of rotatable bonds is 4. The topological polar surface area (TPSA) is 89.2 Å². The second-order valence-corrected chi connectivity index (χ2v) is 8.61. The predicted molar refractivity (Wildman–Crippen MR) is 99.4 cm³/mol. The summed E-state index contributed by atoms with van der Waals surface area (Å²) in [6, 6.07) is 12.4. The summed E-state index contributed by atoms with van der Waals surface area (Å²) in [5.74, 6) is 0.688. The molecule has 140 valence electrons. The van der Waals surface area contributed by atoms with Crippen LogP contribution in [0.3, 0.4) is 0 Å². The molecule has 7 nitrogen and oxygen atoms in total. The summed E-state index contributed by atoms with van der Waals surface area (Å²) in [4.78, 5) is 4.52. The molecule has 1 saturated heterocycles. The molecule has 1 aliphatic heterocycles. The Morgan fingerprint density at radius 2 is 1.93 bits per heavy atom. The van der Waals surface area contributed by atoms with Gasteiger partial charge in [0.2, 0.25) is 15.9 Å². The zero-order chi connectivity index (χ0) is 18.9. The number of hydrogen-bond acceptors (Lipinski definition) is 6. The maximum atomic E-state index is 13.0. The third-order valence-electron chi connectivity index (χ3n) is 4.72. The van der Waals surface area contributed by atoms with Gasteiger partial charge in [-0.3, -0.25) is 4.98 Å². The van der Waals surface area contributed by atoms with Crippen LogP contribution >= 0.6 is 0 Å². The fourth-order valence-corrected chi connectivity index (χ4v) is 4.74. The highest BCUT2D eigenvalue weighted by atomic mass is 32.2. The standard InChI is InChI=1S/C19H20N4O3S/c1-14-7-9-16(10-8-14)27(24,25)23-12-4-5-15(13-23)18-21-22-19(26-18)17-6-2-3-11-20-17/h2-3,6-11,15H,4-5,12-13H2,1H3/t15-/m0/s1. The number of aryl methyl sites for hydroxylation is 1. The minimum absolute atomic E-state index is 0.121. The van der Waals surface area contributed by atoms with Crippen molar-refractivity contribution in [3.05, 3.63) is 60.1 Å². The molecule has 1 fully saturated rings. The number of piperidine rings is 1. The predicted octanol–water partition coefficient (Wildman–Crippen LogP) is 3.01. The van der Waals surface area contributed by atoms with E-state index in [-0.39, 0.29) is 5.92 Å². The average Bonchev–Trinajstić information content (AvgIpc) is 3.19. The fraction of sp³-hybridized carbons (Fsp3) is 0.316. The largest absolute Gasteiger partial charge is 0.419 e. The highest BCUT2D eigenvalue weighted by Crippen LogP contribution is 2.30. The Balaban J connectivity index is 1.55. The smallest absolute Gasteiger partial charge is 0.266 e. The van der Waals surface area contributed by atoms with E-state index in [2.05, 4.69) is 15.2 Å². The van der Waals surface area contributed by atoms with Crippen molar-refractivity contribution in [1.82, 2.24) is 19.5 Å². The molecule has 3 heterocycles. The lowest BCUT2D eigenvalue weighted by Crippen LogP contribution is -2.39. The van der Waals surface area contributed by atoms with Crippen LogP contribution in [-0.4, -0.2) is 41.0 Å². The quantitative estimate of drug-likeness (QED) is 0.687. The number of hydrogen-bond donors (Lipinski definition) is 0. The van der Waals surface area contributed by atoms with Gasteiger partial charge in [0, 0.05) is 19.3 Å². The molecule has 0 N–H and O–H groups in total. The monoisotopic (exact) mass is 384 g/mol. The number of sulfonamides is 1. The minimum Gasteiger partial charge on any atom is -0.419 e. The lowest BCUT2D eigenvalue weighted by atomic mass is 10.00. The number of pyridine rings is 1. The van der Waals surface area contributed by atoms with Gasteiger partial charge in [0.25, 0.3) is 5.89 Å². The SMILES string of the molecule is Cc1ccc(S(=O)(=O)N2CCC[C@H](c3nnc(-c4ccccn4)o3)C2)cc1. The Hall–Kier alpha value is -2.58. The second kappa shape index (κ2) is 7.21. The maximum Gasteiger partial charge on any atom is 0.266 e. The fourth-order valence-electron chi connectivity index (χ4n) is 3.21. The first-order valence-corrected chi connectivity index (χ1v) is 10.3. The van der Waals surface area contributed by atoms with Crippen LogP contribution in [0.25, 0.3) is 11.6 Å². The molecule has 0 radical (unpaired) electrons. The molecule has 2 aromatic heterocycles. The van der Waals surface area contributed by atoms with Crippen molar-refractivity contribution in [2.45, 2.75) is 30.6 Å². The number of aromatic nitrogens is 3. The third-order valence-corrected chi connectivity index (χ3v) is 6.60. The van der Waals surface area contributed by atoms with E-state index < -0.39 is 10.0 Å². The summed E-state index contributed by atoms with van der Waals surface area (Å²) < 4.78 is 33.2. The van der Waals surface area contributed by atoms with Crippen molar-refractivity contribution in [3.8, 4) is 11.6 Å². The molecule has 8 heteroatoms. The van der Waals surface area contributed by atoms with E-state index in [4.69, 9.17) is 4.42 Å². The summed E-state index contributed by atoms with van der Waals surface area (Å²) in [7, 11) is -3.53. The van der Waals surface area contributed by atoms with Gasteiger partial charge in [0.05, 0.1) is 10.8 Å². The highest BCUT2D eigenvalue weighted by Gasteiger charge is 2.33. The molecule has 0 spiro atoms. The van der Waals surface area contributed by atoms with E-state index in [0.29, 0.717) is 35.5 Å². The molecule has 0 saturated carbocycles. The first-order chi connectivity index (χ1) is 13.0. The molecule has 3 aromatic rings. The summed E-state index contributed by atoms with van der Waals surface area (Å²) >= 11 is 0.